The van der Waals surface area contributed by atoms with Crippen LogP contribution in [-0.4, -0.2) is 22.8 Å². The van der Waals surface area contributed by atoms with Gasteiger partial charge in [0.2, 0.25) is 0 Å². The standard InChI is InChI=1S/C19H19F2N3/c1-5-18-7-6-14(11-22-18)19(12(2)24(4)13(3)23-19)15-8-16(20)10-17(21)9-15/h6-11H,2,5H2,1,3-4H3. The average molecular weight is 327 g/mol. The number of nitrogens with zero attached hydrogens (tertiary/aromatic N) is 3. The van der Waals surface area contributed by atoms with E-state index in [1.807, 2.05) is 37.9 Å². The van der Waals surface area contributed by atoms with E-state index in [4.69, 9.17) is 4.99 Å². The number of aryl methyl sites for hydroxylation is 1. The fraction of sp³-hybridized carbons (Fsp3) is 0.263. The Balaban J connectivity index is 2.27. The number of aliphatic imine (C=N–C) groups is 1. The lowest BCUT2D eigenvalue weighted by atomic mass is 9.82. The molecule has 2 aromatic rings. The van der Waals surface area contributed by atoms with Gasteiger partial charge in [-0.25, -0.2) is 13.8 Å². The minimum absolute atomic E-state index is 0.403. The minimum atomic E-state index is -1.07. The second-order valence-corrected chi connectivity index (χ2v) is 5.93. The number of likely N-dealkylation sites (N-methyl/N-ethyl adjacent to an activating group) is 1. The van der Waals surface area contributed by atoms with Gasteiger partial charge in [0, 0.05) is 36.3 Å². The van der Waals surface area contributed by atoms with Crippen molar-refractivity contribution in [2.75, 3.05) is 7.05 Å². The Morgan fingerprint density at radius 2 is 1.79 bits per heavy atom. The third-order valence-electron chi connectivity index (χ3n) is 4.52. The summed E-state index contributed by atoms with van der Waals surface area (Å²) >= 11 is 0. The van der Waals surface area contributed by atoms with Crippen LogP contribution >= 0.6 is 0 Å². The topological polar surface area (TPSA) is 28.5 Å². The van der Waals surface area contributed by atoms with Crippen molar-refractivity contribution in [3.63, 3.8) is 0 Å². The van der Waals surface area contributed by atoms with Gasteiger partial charge in [0.1, 0.15) is 17.5 Å². The van der Waals surface area contributed by atoms with Crippen LogP contribution in [0.3, 0.4) is 0 Å². The summed E-state index contributed by atoms with van der Waals surface area (Å²) in [7, 11) is 1.84. The van der Waals surface area contributed by atoms with Gasteiger partial charge in [-0.15, -0.1) is 0 Å². The van der Waals surface area contributed by atoms with Crippen LogP contribution < -0.4 is 0 Å². The highest BCUT2D eigenvalue weighted by atomic mass is 19.1. The lowest BCUT2D eigenvalue weighted by molar-refractivity contribution is 0.524. The second kappa shape index (κ2) is 5.82. The molecule has 0 amide bonds. The molecule has 1 aliphatic rings. The van der Waals surface area contributed by atoms with Crippen LogP contribution in [0.25, 0.3) is 0 Å². The molecule has 0 spiro atoms. The Kier molecular flexibility index (Phi) is 3.95. The monoisotopic (exact) mass is 327 g/mol. The van der Waals surface area contributed by atoms with Crippen molar-refractivity contribution in [3.05, 3.63) is 77.3 Å². The molecule has 0 bridgehead atoms. The smallest absolute Gasteiger partial charge is 0.154 e. The van der Waals surface area contributed by atoms with Gasteiger partial charge in [-0.2, -0.15) is 0 Å². The van der Waals surface area contributed by atoms with Gasteiger partial charge in [-0.1, -0.05) is 19.6 Å². The highest BCUT2D eigenvalue weighted by Gasteiger charge is 2.44. The zero-order valence-electron chi connectivity index (χ0n) is 14.0. The van der Waals surface area contributed by atoms with Crippen LogP contribution in [0.2, 0.25) is 0 Å². The van der Waals surface area contributed by atoms with Gasteiger partial charge >= 0.3 is 0 Å². The lowest BCUT2D eigenvalue weighted by Gasteiger charge is -2.30. The van der Waals surface area contributed by atoms with Crippen LogP contribution in [0.1, 0.15) is 30.7 Å². The van der Waals surface area contributed by atoms with E-state index in [0.29, 0.717) is 11.3 Å². The van der Waals surface area contributed by atoms with Crippen molar-refractivity contribution in [1.82, 2.24) is 9.88 Å². The first-order valence-corrected chi connectivity index (χ1v) is 7.80. The molecule has 1 unspecified atom stereocenters. The molecular formula is C19H19F2N3. The minimum Gasteiger partial charge on any atom is -0.335 e. The number of hydrogen-bond donors (Lipinski definition) is 0. The molecule has 1 atom stereocenters. The van der Waals surface area contributed by atoms with Gasteiger partial charge in [-0.3, -0.25) is 4.98 Å². The van der Waals surface area contributed by atoms with E-state index in [1.165, 1.54) is 12.1 Å². The predicted molar refractivity (Wildman–Crippen MR) is 90.8 cm³/mol. The molecular weight excluding hydrogens is 308 g/mol. The Bertz CT molecular complexity index is 807. The molecule has 3 rings (SSSR count). The summed E-state index contributed by atoms with van der Waals surface area (Å²) in [6.07, 6.45) is 2.52. The first-order valence-electron chi connectivity index (χ1n) is 7.80. The molecule has 2 heterocycles. The van der Waals surface area contributed by atoms with Crippen molar-refractivity contribution in [1.29, 1.82) is 0 Å². The van der Waals surface area contributed by atoms with Gasteiger partial charge in [0.25, 0.3) is 0 Å². The van der Waals surface area contributed by atoms with E-state index in [0.717, 1.165) is 29.6 Å². The summed E-state index contributed by atoms with van der Waals surface area (Å²) in [5.41, 5.74) is 1.65. The average Bonchev–Trinajstić information content (AvgIpc) is 2.79. The molecule has 0 aliphatic carbocycles. The second-order valence-electron chi connectivity index (χ2n) is 5.93. The number of amidine groups is 1. The van der Waals surface area contributed by atoms with Crippen LogP contribution in [-0.2, 0) is 12.0 Å². The Morgan fingerprint density at radius 1 is 1.12 bits per heavy atom. The Hall–Kier alpha value is -2.56. The molecule has 0 radical (unpaired) electrons. The van der Waals surface area contributed by atoms with E-state index in [-0.39, 0.29) is 0 Å². The molecule has 124 valence electrons. The van der Waals surface area contributed by atoms with Crippen LogP contribution in [0.5, 0.6) is 0 Å². The third kappa shape index (κ3) is 2.40. The zero-order chi connectivity index (χ0) is 17.5. The summed E-state index contributed by atoms with van der Waals surface area (Å²) in [4.78, 5) is 11.0. The normalized spacial score (nSPS) is 20.5. The molecule has 0 fully saturated rings. The number of hydrogen-bond acceptors (Lipinski definition) is 3. The number of halogens is 2. The van der Waals surface area contributed by atoms with Crippen molar-refractivity contribution in [2.24, 2.45) is 4.99 Å². The molecule has 0 saturated carbocycles. The quantitative estimate of drug-likeness (QED) is 0.851. The summed E-state index contributed by atoms with van der Waals surface area (Å²) < 4.78 is 27.7. The van der Waals surface area contributed by atoms with E-state index < -0.39 is 17.2 Å². The van der Waals surface area contributed by atoms with Gasteiger partial charge in [0.15, 0.2) is 5.54 Å². The van der Waals surface area contributed by atoms with Crippen molar-refractivity contribution in [3.8, 4) is 0 Å². The zero-order valence-corrected chi connectivity index (χ0v) is 14.0. The number of benzene rings is 1. The Morgan fingerprint density at radius 3 is 2.25 bits per heavy atom. The fourth-order valence-corrected chi connectivity index (χ4v) is 3.06. The van der Waals surface area contributed by atoms with Crippen LogP contribution in [0, 0.1) is 11.6 Å². The summed E-state index contributed by atoms with van der Waals surface area (Å²) in [6, 6.07) is 7.27. The molecule has 5 heteroatoms. The SMILES string of the molecule is C=C1N(C)C(C)=NC1(c1ccc(CC)nc1)c1cc(F)cc(F)c1. The van der Waals surface area contributed by atoms with Crippen molar-refractivity contribution >= 4 is 5.84 Å². The molecule has 3 nitrogen and oxygen atoms in total. The molecule has 0 N–H and O–H groups in total. The first kappa shape index (κ1) is 16.3. The third-order valence-corrected chi connectivity index (χ3v) is 4.52. The van der Waals surface area contributed by atoms with Gasteiger partial charge in [0.05, 0.1) is 0 Å². The number of rotatable bonds is 3. The number of aromatic nitrogens is 1. The molecule has 0 saturated heterocycles. The first-order chi connectivity index (χ1) is 11.4. The van der Waals surface area contributed by atoms with E-state index in [9.17, 15) is 8.78 Å². The maximum Gasteiger partial charge on any atom is 0.154 e. The van der Waals surface area contributed by atoms with Gasteiger partial charge in [-0.05, 0) is 37.1 Å². The van der Waals surface area contributed by atoms with E-state index >= 15 is 0 Å². The van der Waals surface area contributed by atoms with E-state index in [1.54, 1.807) is 6.20 Å². The molecule has 1 aromatic carbocycles. The largest absolute Gasteiger partial charge is 0.335 e. The Labute approximate surface area is 140 Å². The lowest BCUT2D eigenvalue weighted by Crippen LogP contribution is -2.30. The summed E-state index contributed by atoms with van der Waals surface area (Å²) in [5.74, 6) is -0.556. The van der Waals surface area contributed by atoms with Crippen LogP contribution in [0.4, 0.5) is 8.78 Å². The summed E-state index contributed by atoms with van der Waals surface area (Å²) in [5, 5.41) is 0. The predicted octanol–water partition coefficient (Wildman–Crippen LogP) is 4.04. The molecule has 1 aromatic heterocycles. The molecule has 1 aliphatic heterocycles. The maximum atomic E-state index is 13.9. The number of pyridine rings is 1. The molecule has 24 heavy (non-hydrogen) atoms. The maximum absolute atomic E-state index is 13.9. The highest BCUT2D eigenvalue weighted by molar-refractivity contribution is 5.86. The van der Waals surface area contributed by atoms with E-state index in [2.05, 4.69) is 11.6 Å². The highest BCUT2D eigenvalue weighted by Crippen LogP contribution is 2.45. The summed E-state index contributed by atoms with van der Waals surface area (Å²) in [6.45, 7) is 7.99. The van der Waals surface area contributed by atoms with Gasteiger partial charge < -0.3 is 4.90 Å². The van der Waals surface area contributed by atoms with Crippen molar-refractivity contribution in [2.45, 2.75) is 25.8 Å². The fourth-order valence-electron chi connectivity index (χ4n) is 3.06. The van der Waals surface area contributed by atoms with Crippen LogP contribution in [0.15, 0.2) is 53.8 Å². The van der Waals surface area contributed by atoms with Crippen molar-refractivity contribution < 1.29 is 8.78 Å².